The largest absolute Gasteiger partial charge is 0.316 e. The number of halogens is 2. The summed E-state index contributed by atoms with van der Waals surface area (Å²) in [7, 11) is 0. The maximum atomic E-state index is 13.7. The van der Waals surface area contributed by atoms with Gasteiger partial charge < -0.3 is 5.32 Å². The molecule has 0 aliphatic carbocycles. The third kappa shape index (κ3) is 2.64. The van der Waals surface area contributed by atoms with E-state index >= 15 is 0 Å². The molecule has 1 heterocycles. The van der Waals surface area contributed by atoms with Crippen molar-refractivity contribution in [2.45, 2.75) is 26.2 Å². The molecule has 1 aliphatic rings. The van der Waals surface area contributed by atoms with Gasteiger partial charge in [0, 0.05) is 4.47 Å². The minimum atomic E-state index is -0.0636. The summed E-state index contributed by atoms with van der Waals surface area (Å²) in [6.45, 7) is 4.11. The molecule has 16 heavy (non-hydrogen) atoms. The molecule has 1 aromatic rings. The van der Waals surface area contributed by atoms with Crippen molar-refractivity contribution in [2.75, 3.05) is 13.1 Å². The number of piperidine rings is 1. The van der Waals surface area contributed by atoms with Gasteiger partial charge in [-0.3, -0.25) is 0 Å². The molecule has 0 radical (unpaired) electrons. The number of hydrogen-bond donors (Lipinski definition) is 1. The SMILES string of the molecule is Cc1c(Br)ccc(F)c1CC1CCCNC1. The van der Waals surface area contributed by atoms with Gasteiger partial charge in [-0.2, -0.15) is 0 Å². The van der Waals surface area contributed by atoms with Crippen molar-refractivity contribution in [3.05, 3.63) is 33.5 Å². The van der Waals surface area contributed by atoms with Gasteiger partial charge in [0.25, 0.3) is 0 Å². The van der Waals surface area contributed by atoms with Gasteiger partial charge in [0.1, 0.15) is 5.82 Å². The van der Waals surface area contributed by atoms with Crippen molar-refractivity contribution in [1.82, 2.24) is 5.32 Å². The highest BCUT2D eigenvalue weighted by molar-refractivity contribution is 9.10. The van der Waals surface area contributed by atoms with E-state index in [1.54, 1.807) is 12.1 Å². The van der Waals surface area contributed by atoms with Crippen LogP contribution in [-0.2, 0) is 6.42 Å². The Morgan fingerprint density at radius 3 is 3.00 bits per heavy atom. The lowest BCUT2D eigenvalue weighted by atomic mass is 9.90. The van der Waals surface area contributed by atoms with E-state index in [4.69, 9.17) is 0 Å². The molecule has 1 N–H and O–H groups in total. The van der Waals surface area contributed by atoms with Crippen LogP contribution in [0.25, 0.3) is 0 Å². The lowest BCUT2D eigenvalue weighted by Crippen LogP contribution is -2.31. The van der Waals surface area contributed by atoms with E-state index in [0.717, 1.165) is 35.1 Å². The van der Waals surface area contributed by atoms with E-state index in [1.165, 1.54) is 12.8 Å². The quantitative estimate of drug-likeness (QED) is 0.878. The van der Waals surface area contributed by atoms with E-state index in [2.05, 4.69) is 21.2 Å². The normalized spacial score (nSPS) is 21.1. The van der Waals surface area contributed by atoms with Gasteiger partial charge in [-0.15, -0.1) is 0 Å². The summed E-state index contributed by atoms with van der Waals surface area (Å²) in [5.41, 5.74) is 1.92. The highest BCUT2D eigenvalue weighted by Crippen LogP contribution is 2.26. The molecular weight excluding hydrogens is 269 g/mol. The van der Waals surface area contributed by atoms with Crippen LogP contribution in [0.3, 0.4) is 0 Å². The van der Waals surface area contributed by atoms with Crippen molar-refractivity contribution < 1.29 is 4.39 Å². The van der Waals surface area contributed by atoms with Crippen LogP contribution >= 0.6 is 15.9 Å². The Labute approximate surface area is 105 Å². The molecule has 1 saturated heterocycles. The Morgan fingerprint density at radius 2 is 2.31 bits per heavy atom. The molecule has 3 heteroatoms. The molecule has 2 rings (SSSR count). The molecule has 0 amide bonds. The van der Waals surface area contributed by atoms with E-state index in [-0.39, 0.29) is 5.82 Å². The number of benzene rings is 1. The molecular formula is C13H17BrFN. The van der Waals surface area contributed by atoms with Gasteiger partial charge in [-0.05, 0) is 68.5 Å². The summed E-state index contributed by atoms with van der Waals surface area (Å²) in [6, 6.07) is 3.34. The zero-order valence-corrected chi connectivity index (χ0v) is 11.1. The molecule has 0 saturated carbocycles. The van der Waals surface area contributed by atoms with Crippen LogP contribution in [0.1, 0.15) is 24.0 Å². The summed E-state index contributed by atoms with van der Waals surface area (Å²) in [6.07, 6.45) is 3.27. The Balaban J connectivity index is 2.16. The van der Waals surface area contributed by atoms with Crippen LogP contribution in [0.2, 0.25) is 0 Å². The average molecular weight is 286 g/mol. The summed E-state index contributed by atoms with van der Waals surface area (Å²) in [5.74, 6) is 0.516. The number of nitrogens with one attached hydrogen (secondary N) is 1. The van der Waals surface area contributed by atoms with Crippen LogP contribution in [0.4, 0.5) is 4.39 Å². The summed E-state index contributed by atoms with van der Waals surface area (Å²) in [5, 5.41) is 3.37. The molecule has 1 aromatic carbocycles. The Hall–Kier alpha value is -0.410. The van der Waals surface area contributed by atoms with Gasteiger partial charge in [-0.25, -0.2) is 4.39 Å². The first-order chi connectivity index (χ1) is 7.68. The lowest BCUT2D eigenvalue weighted by molar-refractivity contribution is 0.371. The topological polar surface area (TPSA) is 12.0 Å². The van der Waals surface area contributed by atoms with E-state index in [0.29, 0.717) is 5.92 Å². The second-order valence-corrected chi connectivity index (χ2v) is 5.40. The third-order valence-corrected chi connectivity index (χ3v) is 4.23. The molecule has 0 bridgehead atoms. The summed E-state index contributed by atoms with van der Waals surface area (Å²) >= 11 is 3.46. The van der Waals surface area contributed by atoms with Crippen molar-refractivity contribution >= 4 is 15.9 Å². The first-order valence-corrected chi connectivity index (χ1v) is 6.62. The maximum Gasteiger partial charge on any atom is 0.126 e. The third-order valence-electron chi connectivity index (χ3n) is 3.37. The average Bonchev–Trinajstić information content (AvgIpc) is 2.31. The molecule has 1 unspecified atom stereocenters. The smallest absolute Gasteiger partial charge is 0.126 e. The molecule has 0 spiro atoms. The van der Waals surface area contributed by atoms with Crippen molar-refractivity contribution in [3.63, 3.8) is 0 Å². The van der Waals surface area contributed by atoms with Crippen LogP contribution < -0.4 is 5.32 Å². The van der Waals surface area contributed by atoms with Gasteiger partial charge in [0.2, 0.25) is 0 Å². The summed E-state index contributed by atoms with van der Waals surface area (Å²) in [4.78, 5) is 0. The van der Waals surface area contributed by atoms with Gasteiger partial charge in [0.15, 0.2) is 0 Å². The van der Waals surface area contributed by atoms with E-state index in [1.807, 2.05) is 6.92 Å². The van der Waals surface area contributed by atoms with Crippen LogP contribution in [-0.4, -0.2) is 13.1 Å². The zero-order valence-electron chi connectivity index (χ0n) is 9.52. The number of hydrogen-bond acceptors (Lipinski definition) is 1. The fourth-order valence-electron chi connectivity index (χ4n) is 2.33. The Morgan fingerprint density at radius 1 is 1.50 bits per heavy atom. The zero-order chi connectivity index (χ0) is 11.5. The first-order valence-electron chi connectivity index (χ1n) is 5.82. The predicted molar refractivity (Wildman–Crippen MR) is 68.1 cm³/mol. The monoisotopic (exact) mass is 285 g/mol. The fraction of sp³-hybridized carbons (Fsp3) is 0.538. The highest BCUT2D eigenvalue weighted by Gasteiger charge is 2.17. The van der Waals surface area contributed by atoms with Gasteiger partial charge >= 0.3 is 0 Å². The van der Waals surface area contributed by atoms with Crippen LogP contribution in [0, 0.1) is 18.7 Å². The molecule has 0 aromatic heterocycles. The molecule has 1 fully saturated rings. The van der Waals surface area contributed by atoms with Crippen LogP contribution in [0.15, 0.2) is 16.6 Å². The predicted octanol–water partition coefficient (Wildman–Crippen LogP) is 3.44. The molecule has 1 nitrogen and oxygen atoms in total. The Kier molecular flexibility index (Phi) is 3.98. The van der Waals surface area contributed by atoms with Crippen molar-refractivity contribution in [3.8, 4) is 0 Å². The minimum absolute atomic E-state index is 0.0636. The van der Waals surface area contributed by atoms with E-state index < -0.39 is 0 Å². The van der Waals surface area contributed by atoms with Crippen molar-refractivity contribution in [2.24, 2.45) is 5.92 Å². The second kappa shape index (κ2) is 5.28. The molecule has 88 valence electrons. The van der Waals surface area contributed by atoms with Crippen molar-refractivity contribution in [1.29, 1.82) is 0 Å². The maximum absolute atomic E-state index is 13.7. The fourth-order valence-corrected chi connectivity index (χ4v) is 2.70. The summed E-state index contributed by atoms with van der Waals surface area (Å²) < 4.78 is 14.8. The molecule has 1 atom stereocenters. The molecule has 1 aliphatic heterocycles. The standard InChI is InChI=1S/C13H17BrFN/c1-9-11(13(15)5-4-12(9)14)7-10-3-2-6-16-8-10/h4-5,10,16H,2-3,6-8H2,1H3. The van der Waals surface area contributed by atoms with Crippen LogP contribution in [0.5, 0.6) is 0 Å². The Bertz CT molecular complexity index is 372. The minimum Gasteiger partial charge on any atom is -0.316 e. The second-order valence-electron chi connectivity index (χ2n) is 4.55. The number of rotatable bonds is 2. The highest BCUT2D eigenvalue weighted by atomic mass is 79.9. The van der Waals surface area contributed by atoms with Gasteiger partial charge in [-0.1, -0.05) is 15.9 Å². The van der Waals surface area contributed by atoms with E-state index in [9.17, 15) is 4.39 Å². The van der Waals surface area contributed by atoms with Gasteiger partial charge in [0.05, 0.1) is 0 Å². The first kappa shape index (κ1) is 12.1. The lowest BCUT2D eigenvalue weighted by Gasteiger charge is -2.23.